The fraction of sp³-hybridized carbons (Fsp3) is 0.238. The van der Waals surface area contributed by atoms with Gasteiger partial charge in [-0.25, -0.2) is 14.5 Å². The number of carbonyl (C=O) groups excluding carboxylic acids is 2. The molecule has 1 unspecified atom stereocenters. The second-order valence-corrected chi connectivity index (χ2v) is 7.54. The van der Waals surface area contributed by atoms with Gasteiger partial charge in [0.2, 0.25) is 0 Å². The number of carbonyl (C=O) groups is 2. The Morgan fingerprint density at radius 2 is 2.03 bits per heavy atom. The summed E-state index contributed by atoms with van der Waals surface area (Å²) >= 11 is 1.24. The zero-order valence-electron chi connectivity index (χ0n) is 17.4. The Morgan fingerprint density at radius 3 is 2.71 bits per heavy atom. The van der Waals surface area contributed by atoms with E-state index >= 15 is 0 Å². The highest BCUT2D eigenvalue weighted by molar-refractivity contribution is 7.13. The molecule has 1 atom stereocenters. The first-order valence-corrected chi connectivity index (χ1v) is 10.4. The summed E-state index contributed by atoms with van der Waals surface area (Å²) in [5, 5.41) is 7.65. The number of aromatic nitrogens is 3. The molecule has 0 aliphatic heterocycles. The van der Waals surface area contributed by atoms with Crippen LogP contribution in [0.3, 0.4) is 0 Å². The molecule has 2 heterocycles. The van der Waals surface area contributed by atoms with E-state index in [0.717, 1.165) is 0 Å². The number of hydrogen-bond donors (Lipinski definition) is 2. The van der Waals surface area contributed by atoms with Gasteiger partial charge in [-0.3, -0.25) is 14.3 Å². The molecule has 3 rings (SSSR count). The van der Waals surface area contributed by atoms with Crippen LogP contribution >= 0.6 is 11.3 Å². The average molecular weight is 442 g/mol. The molecule has 0 aliphatic rings. The van der Waals surface area contributed by atoms with E-state index in [-0.39, 0.29) is 16.9 Å². The lowest BCUT2D eigenvalue weighted by Gasteiger charge is -2.12. The van der Waals surface area contributed by atoms with E-state index in [4.69, 9.17) is 4.74 Å². The molecule has 0 aliphatic carbocycles. The first-order valence-electron chi connectivity index (χ1n) is 9.49. The van der Waals surface area contributed by atoms with Crippen molar-refractivity contribution in [2.75, 3.05) is 17.2 Å². The summed E-state index contributed by atoms with van der Waals surface area (Å²) in [6, 6.07) is 9.08. The highest BCUT2D eigenvalue weighted by Crippen LogP contribution is 2.17. The Hall–Kier alpha value is -3.66. The average Bonchev–Trinajstić information content (AvgIpc) is 3.32. The molecule has 0 saturated heterocycles. The minimum atomic E-state index is -1.12. The molecule has 162 valence electrons. The molecule has 3 aromatic rings. The Morgan fingerprint density at radius 1 is 1.32 bits per heavy atom. The number of anilines is 2. The number of para-hydroxylation sites is 1. The zero-order valence-corrected chi connectivity index (χ0v) is 18.2. The van der Waals surface area contributed by atoms with Gasteiger partial charge in [0.1, 0.15) is 5.69 Å². The predicted octanol–water partition coefficient (Wildman–Crippen LogP) is 2.72. The van der Waals surface area contributed by atoms with Gasteiger partial charge in [-0.2, -0.15) is 0 Å². The van der Waals surface area contributed by atoms with E-state index < -0.39 is 18.0 Å². The van der Waals surface area contributed by atoms with Gasteiger partial charge in [-0.15, -0.1) is 17.9 Å². The standard InChI is InChI=1S/C21H23N5O4S/c1-5-11-22-21-23-16(12-31-21)20(29)30-14(3)18(27)24-17-13(2)25(4)26(19(17)28)15-9-7-6-8-10-15/h5-10,12,14H,1,11H2,2-4H3,(H,22,23)(H,24,27). The second kappa shape index (κ2) is 9.43. The number of rotatable bonds is 8. The van der Waals surface area contributed by atoms with Crippen molar-refractivity contribution in [3.8, 4) is 5.69 Å². The fourth-order valence-electron chi connectivity index (χ4n) is 2.82. The van der Waals surface area contributed by atoms with Gasteiger partial charge in [-0.1, -0.05) is 24.3 Å². The minimum Gasteiger partial charge on any atom is -0.448 e. The third kappa shape index (κ3) is 4.75. The van der Waals surface area contributed by atoms with Gasteiger partial charge in [0, 0.05) is 19.0 Å². The highest BCUT2D eigenvalue weighted by Gasteiger charge is 2.24. The number of nitrogens with zero attached hydrogens (tertiary/aromatic N) is 3. The molecule has 10 heteroatoms. The molecule has 9 nitrogen and oxygen atoms in total. The number of benzene rings is 1. The Bertz CT molecular complexity index is 1160. The molecule has 0 fully saturated rings. The number of ether oxygens (including phenoxy) is 1. The summed E-state index contributed by atoms with van der Waals surface area (Å²) in [7, 11) is 1.73. The normalized spacial score (nSPS) is 11.6. The number of amides is 1. The molecule has 31 heavy (non-hydrogen) atoms. The quantitative estimate of drug-likeness (QED) is 0.411. The van der Waals surface area contributed by atoms with Crippen molar-refractivity contribution in [3.05, 3.63) is 70.1 Å². The van der Waals surface area contributed by atoms with Gasteiger partial charge < -0.3 is 15.4 Å². The molecule has 0 radical (unpaired) electrons. The Kier molecular flexibility index (Phi) is 6.71. The van der Waals surface area contributed by atoms with Gasteiger partial charge >= 0.3 is 5.97 Å². The van der Waals surface area contributed by atoms with Crippen LogP contribution in [-0.4, -0.2) is 38.9 Å². The lowest BCUT2D eigenvalue weighted by Crippen LogP contribution is -2.32. The third-order valence-electron chi connectivity index (χ3n) is 4.57. The molecule has 0 bridgehead atoms. The Balaban J connectivity index is 1.71. The summed E-state index contributed by atoms with van der Waals surface area (Å²) in [4.78, 5) is 41.9. The second-order valence-electron chi connectivity index (χ2n) is 6.68. The van der Waals surface area contributed by atoms with Gasteiger partial charge in [0.15, 0.2) is 16.9 Å². The summed E-state index contributed by atoms with van der Waals surface area (Å²) in [6.45, 7) is 7.27. The van der Waals surface area contributed by atoms with Crippen LogP contribution in [0.15, 0.2) is 53.2 Å². The van der Waals surface area contributed by atoms with Crippen molar-refractivity contribution in [2.45, 2.75) is 20.0 Å². The van der Waals surface area contributed by atoms with E-state index in [1.54, 1.807) is 36.9 Å². The van der Waals surface area contributed by atoms with Gasteiger partial charge in [-0.05, 0) is 26.0 Å². The monoisotopic (exact) mass is 441 g/mol. The van der Waals surface area contributed by atoms with E-state index in [1.807, 2.05) is 18.2 Å². The fourth-order valence-corrected chi connectivity index (χ4v) is 3.51. The van der Waals surface area contributed by atoms with E-state index in [9.17, 15) is 14.4 Å². The number of thiazole rings is 1. The highest BCUT2D eigenvalue weighted by atomic mass is 32.1. The predicted molar refractivity (Wildman–Crippen MR) is 120 cm³/mol. The molecule has 1 amide bonds. The minimum absolute atomic E-state index is 0.0959. The summed E-state index contributed by atoms with van der Waals surface area (Å²) in [6.07, 6.45) is 0.548. The van der Waals surface area contributed by atoms with Crippen LogP contribution in [0.5, 0.6) is 0 Å². The van der Waals surface area contributed by atoms with Gasteiger partial charge in [0.25, 0.3) is 11.5 Å². The lowest BCUT2D eigenvalue weighted by molar-refractivity contribution is -0.123. The van der Waals surface area contributed by atoms with Crippen LogP contribution in [-0.2, 0) is 16.6 Å². The van der Waals surface area contributed by atoms with Crippen molar-refractivity contribution in [1.82, 2.24) is 14.3 Å². The maximum Gasteiger partial charge on any atom is 0.358 e. The number of nitrogens with one attached hydrogen (secondary N) is 2. The summed E-state index contributed by atoms with van der Waals surface area (Å²) in [5.41, 5.74) is 1.08. The molecule has 0 spiro atoms. The van der Waals surface area contributed by atoms with Gasteiger partial charge in [0.05, 0.1) is 11.4 Å². The van der Waals surface area contributed by atoms with E-state index in [0.29, 0.717) is 23.1 Å². The van der Waals surface area contributed by atoms with Crippen LogP contribution in [0.2, 0.25) is 0 Å². The van der Waals surface area contributed by atoms with Crippen LogP contribution < -0.4 is 16.2 Å². The SMILES string of the molecule is C=CCNc1nc(C(=O)OC(C)C(=O)Nc2c(C)n(C)n(-c3ccccc3)c2=O)cs1. The molecular weight excluding hydrogens is 418 g/mol. The molecular formula is C21H23N5O4S. The van der Waals surface area contributed by atoms with Crippen molar-refractivity contribution in [3.63, 3.8) is 0 Å². The first-order chi connectivity index (χ1) is 14.8. The maximum absolute atomic E-state index is 12.9. The van der Waals surface area contributed by atoms with E-state index in [1.165, 1.54) is 28.3 Å². The van der Waals surface area contributed by atoms with E-state index in [2.05, 4.69) is 22.2 Å². The van der Waals surface area contributed by atoms with Crippen LogP contribution in [0.4, 0.5) is 10.8 Å². The number of hydrogen-bond acceptors (Lipinski definition) is 7. The van der Waals surface area contributed by atoms with Crippen LogP contribution in [0.25, 0.3) is 5.69 Å². The lowest BCUT2D eigenvalue weighted by atomic mass is 10.3. The molecule has 1 aromatic carbocycles. The molecule has 0 saturated carbocycles. The maximum atomic E-state index is 12.9. The number of esters is 1. The molecule has 2 aromatic heterocycles. The van der Waals surface area contributed by atoms with Crippen molar-refractivity contribution in [1.29, 1.82) is 0 Å². The summed E-state index contributed by atoms with van der Waals surface area (Å²) in [5.74, 6) is -1.34. The Labute approximate surface area is 183 Å². The topological polar surface area (TPSA) is 107 Å². The van der Waals surface area contributed by atoms with Crippen LogP contribution in [0.1, 0.15) is 23.1 Å². The van der Waals surface area contributed by atoms with Crippen molar-refractivity contribution < 1.29 is 14.3 Å². The largest absolute Gasteiger partial charge is 0.448 e. The third-order valence-corrected chi connectivity index (χ3v) is 5.37. The first kappa shape index (κ1) is 22.0. The summed E-state index contributed by atoms with van der Waals surface area (Å²) < 4.78 is 8.32. The van der Waals surface area contributed by atoms with Crippen LogP contribution in [0, 0.1) is 6.92 Å². The molecule has 2 N–H and O–H groups in total. The smallest absolute Gasteiger partial charge is 0.358 e. The van der Waals surface area contributed by atoms with Crippen molar-refractivity contribution in [2.24, 2.45) is 7.05 Å². The zero-order chi connectivity index (χ0) is 22.5. The van der Waals surface area contributed by atoms with Crippen molar-refractivity contribution >= 4 is 34.0 Å².